The highest BCUT2D eigenvalue weighted by Gasteiger charge is 2.61. The predicted octanol–water partition coefficient (Wildman–Crippen LogP) is 3.46. The van der Waals surface area contributed by atoms with E-state index in [0.717, 1.165) is 4.90 Å². The number of nitrogens with one attached hydrogen (secondary N) is 1. The minimum atomic E-state index is -5.76. The number of halogens is 6. The maximum atomic E-state index is 12.5. The van der Waals surface area contributed by atoms with Gasteiger partial charge < -0.3 is 15.0 Å². The van der Waals surface area contributed by atoms with Crippen LogP contribution in [0.2, 0.25) is 0 Å². The van der Waals surface area contributed by atoms with Crippen LogP contribution in [0.3, 0.4) is 0 Å². The third kappa shape index (κ3) is 4.75. The highest BCUT2D eigenvalue weighted by Crippen LogP contribution is 2.59. The van der Waals surface area contributed by atoms with Gasteiger partial charge >= 0.3 is 18.4 Å². The Bertz CT molecular complexity index is 789. The molecule has 0 bridgehead atoms. The van der Waals surface area contributed by atoms with E-state index in [2.05, 4.69) is 20.3 Å². The zero-order valence-electron chi connectivity index (χ0n) is 15.7. The highest BCUT2D eigenvalue weighted by atomic mass is 19.4. The van der Waals surface area contributed by atoms with E-state index in [1.807, 2.05) is 0 Å². The number of aromatic nitrogens is 2. The number of rotatable bonds is 3. The molecule has 1 aliphatic carbocycles. The molecule has 7 nitrogen and oxygen atoms in total. The van der Waals surface area contributed by atoms with Gasteiger partial charge in [-0.2, -0.15) is 31.4 Å². The molecule has 1 saturated heterocycles. The van der Waals surface area contributed by atoms with E-state index in [1.54, 1.807) is 19.1 Å². The van der Waals surface area contributed by atoms with Crippen LogP contribution in [0.5, 0.6) is 0 Å². The molecule has 13 heteroatoms. The van der Waals surface area contributed by atoms with Crippen LogP contribution >= 0.6 is 0 Å². The zero-order valence-corrected chi connectivity index (χ0v) is 15.7. The smallest absolute Gasteiger partial charge is 0.426 e. The van der Waals surface area contributed by atoms with E-state index in [1.165, 1.54) is 0 Å². The van der Waals surface area contributed by atoms with Crippen LogP contribution in [0, 0.1) is 18.3 Å². The standard InChI is InChI=1S/C17H18F6N4O3/c1-9-2-3-11(26-25-9)24-12(28)10-8-15(10)4-6-27(7-5-15)14(29)30-13(16(18,19)20)17(21,22)23/h2-3,10,13H,4-8H2,1H3,(H,24,26,28). The summed E-state index contributed by atoms with van der Waals surface area (Å²) < 4.78 is 79.0. The summed E-state index contributed by atoms with van der Waals surface area (Å²) in [4.78, 5) is 25.0. The molecule has 2 fully saturated rings. The Balaban J connectivity index is 1.53. The number of carbonyl (C=O) groups excluding carboxylic acids is 2. The Morgan fingerprint density at radius 2 is 1.73 bits per heavy atom. The van der Waals surface area contributed by atoms with Crippen LogP contribution in [0.1, 0.15) is 25.0 Å². The van der Waals surface area contributed by atoms with Crippen molar-refractivity contribution >= 4 is 17.8 Å². The number of hydrogen-bond donors (Lipinski definition) is 1. The summed E-state index contributed by atoms with van der Waals surface area (Å²) in [6.45, 7) is 1.53. The number of carbonyl (C=O) groups is 2. The van der Waals surface area contributed by atoms with Crippen molar-refractivity contribution in [3.63, 3.8) is 0 Å². The van der Waals surface area contributed by atoms with Crippen molar-refractivity contribution in [3.8, 4) is 0 Å². The van der Waals surface area contributed by atoms with Crippen molar-refractivity contribution in [1.82, 2.24) is 15.1 Å². The Morgan fingerprint density at radius 3 is 2.23 bits per heavy atom. The third-order valence-electron chi connectivity index (χ3n) is 5.39. The Kier molecular flexibility index (Phi) is 5.58. The average Bonchev–Trinajstić information content (AvgIpc) is 3.33. The maximum absolute atomic E-state index is 12.5. The van der Waals surface area contributed by atoms with Gasteiger partial charge in [-0.15, -0.1) is 5.10 Å². The van der Waals surface area contributed by atoms with Crippen molar-refractivity contribution in [2.24, 2.45) is 11.3 Å². The lowest BCUT2D eigenvalue weighted by Gasteiger charge is -2.33. The molecule has 1 unspecified atom stereocenters. The molecule has 1 spiro atoms. The number of aryl methyl sites for hydroxylation is 1. The van der Waals surface area contributed by atoms with E-state index in [0.29, 0.717) is 12.1 Å². The van der Waals surface area contributed by atoms with Crippen molar-refractivity contribution in [2.75, 3.05) is 18.4 Å². The molecule has 0 radical (unpaired) electrons. The van der Waals surface area contributed by atoms with Gasteiger partial charge in [0, 0.05) is 19.0 Å². The molecular formula is C17H18F6N4O3. The molecule has 1 N–H and O–H groups in total. The monoisotopic (exact) mass is 440 g/mol. The lowest BCUT2D eigenvalue weighted by molar-refractivity contribution is -0.308. The molecule has 0 aromatic carbocycles. The first-order valence-electron chi connectivity index (χ1n) is 9.02. The summed E-state index contributed by atoms with van der Waals surface area (Å²) in [5.74, 6) is -0.394. The van der Waals surface area contributed by atoms with Crippen LogP contribution in [0.4, 0.5) is 37.0 Å². The lowest BCUT2D eigenvalue weighted by atomic mass is 9.91. The topological polar surface area (TPSA) is 84.4 Å². The second-order valence-electron chi connectivity index (χ2n) is 7.50. The lowest BCUT2D eigenvalue weighted by Crippen LogP contribution is -2.49. The normalized spacial score (nSPS) is 20.9. The van der Waals surface area contributed by atoms with Crippen molar-refractivity contribution in [1.29, 1.82) is 0 Å². The SMILES string of the molecule is Cc1ccc(NC(=O)C2CC23CCN(C(=O)OC(C(F)(F)F)C(F)(F)F)CC3)nn1. The Labute approximate surface area is 166 Å². The average molecular weight is 440 g/mol. The first-order chi connectivity index (χ1) is 13.8. The molecule has 1 saturated carbocycles. The van der Waals surface area contributed by atoms with E-state index < -0.39 is 30.0 Å². The molecule has 2 aliphatic rings. The first kappa shape index (κ1) is 22.1. The van der Waals surface area contributed by atoms with Crippen LogP contribution < -0.4 is 5.32 Å². The number of alkyl halides is 6. The van der Waals surface area contributed by atoms with Gasteiger partial charge in [-0.3, -0.25) is 4.79 Å². The zero-order chi connectivity index (χ0) is 22.3. The fourth-order valence-corrected chi connectivity index (χ4v) is 3.58. The number of likely N-dealkylation sites (tertiary alicyclic amines) is 1. The number of anilines is 1. The number of nitrogens with zero attached hydrogens (tertiary/aromatic N) is 3. The van der Waals surface area contributed by atoms with Gasteiger partial charge in [0.05, 0.1) is 5.69 Å². The molecule has 166 valence electrons. The molecule has 1 aromatic rings. The maximum Gasteiger partial charge on any atom is 0.434 e. The van der Waals surface area contributed by atoms with Gasteiger partial charge in [0.1, 0.15) is 0 Å². The second-order valence-corrected chi connectivity index (χ2v) is 7.50. The second kappa shape index (κ2) is 7.58. The molecule has 1 aromatic heterocycles. The van der Waals surface area contributed by atoms with E-state index >= 15 is 0 Å². The van der Waals surface area contributed by atoms with Gasteiger partial charge in [0.15, 0.2) is 5.82 Å². The van der Waals surface area contributed by atoms with Crippen molar-refractivity contribution in [3.05, 3.63) is 17.8 Å². The number of piperidine rings is 1. The number of ether oxygens (including phenoxy) is 1. The minimum Gasteiger partial charge on any atom is -0.426 e. The summed E-state index contributed by atoms with van der Waals surface area (Å²) in [6.07, 6.45) is -16.3. The van der Waals surface area contributed by atoms with Crippen LogP contribution in [0.15, 0.2) is 12.1 Å². The summed E-state index contributed by atoms with van der Waals surface area (Å²) >= 11 is 0. The molecule has 2 heterocycles. The summed E-state index contributed by atoms with van der Waals surface area (Å²) in [6, 6.07) is 3.26. The van der Waals surface area contributed by atoms with Gasteiger partial charge in [-0.05, 0) is 43.7 Å². The quantitative estimate of drug-likeness (QED) is 0.728. The minimum absolute atomic E-state index is 0.102. The first-order valence-corrected chi connectivity index (χ1v) is 9.02. The van der Waals surface area contributed by atoms with Crippen molar-refractivity contribution in [2.45, 2.75) is 44.6 Å². The van der Waals surface area contributed by atoms with Gasteiger partial charge in [0.25, 0.3) is 6.10 Å². The van der Waals surface area contributed by atoms with E-state index in [9.17, 15) is 35.9 Å². The molecular weight excluding hydrogens is 422 g/mol. The fourth-order valence-electron chi connectivity index (χ4n) is 3.58. The largest absolute Gasteiger partial charge is 0.434 e. The van der Waals surface area contributed by atoms with Crippen molar-refractivity contribution < 1.29 is 40.7 Å². The summed E-state index contributed by atoms with van der Waals surface area (Å²) in [5.41, 5.74) is 0.236. The molecule has 3 rings (SSSR count). The van der Waals surface area contributed by atoms with E-state index in [-0.39, 0.29) is 43.6 Å². The van der Waals surface area contributed by atoms with Crippen LogP contribution in [-0.4, -0.2) is 58.6 Å². The highest BCUT2D eigenvalue weighted by molar-refractivity contribution is 5.94. The molecule has 1 atom stereocenters. The number of amides is 2. The van der Waals surface area contributed by atoms with Gasteiger partial charge in [-0.1, -0.05) is 0 Å². The molecule has 1 aliphatic heterocycles. The Hall–Kier alpha value is -2.60. The fraction of sp³-hybridized carbons (Fsp3) is 0.647. The summed E-state index contributed by atoms with van der Waals surface area (Å²) in [5, 5.41) is 10.3. The van der Waals surface area contributed by atoms with E-state index in [4.69, 9.17) is 0 Å². The molecule has 30 heavy (non-hydrogen) atoms. The summed E-state index contributed by atoms with van der Waals surface area (Å²) in [7, 11) is 0. The third-order valence-corrected chi connectivity index (χ3v) is 5.39. The van der Waals surface area contributed by atoms with Crippen LogP contribution in [-0.2, 0) is 9.53 Å². The number of hydrogen-bond acceptors (Lipinski definition) is 5. The van der Waals surface area contributed by atoms with Gasteiger partial charge in [0.2, 0.25) is 5.91 Å². The predicted molar refractivity (Wildman–Crippen MR) is 89.1 cm³/mol. The van der Waals surface area contributed by atoms with Crippen LogP contribution in [0.25, 0.3) is 0 Å². The molecule has 2 amide bonds. The Morgan fingerprint density at radius 1 is 1.13 bits per heavy atom. The van der Waals surface area contributed by atoms with Gasteiger partial charge in [-0.25, -0.2) is 4.79 Å².